The second-order valence-corrected chi connectivity index (χ2v) is 2.52. The number of rotatable bonds is 3. The smallest absolute Gasteiger partial charge is 0.241 e. The fourth-order valence-electron chi connectivity index (χ4n) is 0.914. The Morgan fingerprint density at radius 3 is 2.62 bits per heavy atom. The highest BCUT2D eigenvalue weighted by atomic mass is 16.1. The van der Waals surface area contributed by atoms with Gasteiger partial charge in [0, 0.05) is 11.6 Å². The van der Waals surface area contributed by atoms with E-state index in [9.17, 15) is 9.59 Å². The molecule has 0 unspecified atom stereocenters. The molecule has 13 heavy (non-hydrogen) atoms. The second-order valence-electron chi connectivity index (χ2n) is 2.52. The lowest BCUT2D eigenvalue weighted by molar-refractivity contribution is -0.113. The summed E-state index contributed by atoms with van der Waals surface area (Å²) in [6.45, 7) is 0. The first-order chi connectivity index (χ1) is 6.22. The fourth-order valence-corrected chi connectivity index (χ4v) is 0.914. The molecule has 0 saturated carbocycles. The van der Waals surface area contributed by atoms with Gasteiger partial charge in [-0.15, -0.1) is 0 Å². The maximum Gasteiger partial charge on any atom is 0.241 e. The molecule has 0 saturated heterocycles. The Balaban J connectivity index is 2.89. The molecule has 0 atom stereocenters. The maximum atomic E-state index is 10.4. The molecule has 0 radical (unpaired) electrons. The van der Waals surface area contributed by atoms with Crippen molar-refractivity contribution < 1.29 is 9.59 Å². The van der Waals surface area contributed by atoms with Gasteiger partial charge in [-0.2, -0.15) is 0 Å². The van der Waals surface area contributed by atoms with Crippen LogP contribution in [0.5, 0.6) is 0 Å². The van der Waals surface area contributed by atoms with Gasteiger partial charge in [0.15, 0.2) is 0 Å². The van der Waals surface area contributed by atoms with Gasteiger partial charge < -0.3 is 5.73 Å². The first-order valence-corrected chi connectivity index (χ1v) is 3.75. The number of carbonyl (C=O) groups excluding carboxylic acids is 2. The molecule has 2 N–H and O–H groups in total. The normalized spacial score (nSPS) is 10.2. The van der Waals surface area contributed by atoms with E-state index in [4.69, 9.17) is 5.73 Å². The number of hydrogen-bond donors (Lipinski definition) is 1. The van der Waals surface area contributed by atoms with Gasteiger partial charge in [-0.05, 0) is 17.7 Å². The van der Waals surface area contributed by atoms with Crippen LogP contribution < -0.4 is 5.73 Å². The summed E-state index contributed by atoms with van der Waals surface area (Å²) in [5.41, 5.74) is 6.27. The third-order valence-corrected chi connectivity index (χ3v) is 1.49. The average molecular weight is 175 g/mol. The summed E-state index contributed by atoms with van der Waals surface area (Å²) < 4.78 is 0. The molecule has 1 amide bonds. The summed E-state index contributed by atoms with van der Waals surface area (Å²) >= 11 is 0. The van der Waals surface area contributed by atoms with Gasteiger partial charge in [0.1, 0.15) is 6.29 Å². The largest absolute Gasteiger partial charge is 0.366 e. The van der Waals surface area contributed by atoms with E-state index in [1.165, 1.54) is 6.08 Å². The van der Waals surface area contributed by atoms with Gasteiger partial charge in [0.25, 0.3) is 0 Å². The summed E-state index contributed by atoms with van der Waals surface area (Å²) in [4.78, 5) is 20.8. The average Bonchev–Trinajstić information content (AvgIpc) is 2.15. The van der Waals surface area contributed by atoms with Crippen LogP contribution in [0.3, 0.4) is 0 Å². The van der Waals surface area contributed by atoms with Gasteiger partial charge in [0.2, 0.25) is 5.91 Å². The summed E-state index contributed by atoms with van der Waals surface area (Å²) in [7, 11) is 0. The van der Waals surface area contributed by atoms with Crippen LogP contribution in [0.25, 0.3) is 6.08 Å². The van der Waals surface area contributed by atoms with Gasteiger partial charge in [-0.1, -0.05) is 18.2 Å². The van der Waals surface area contributed by atoms with Crippen LogP contribution in [0, 0.1) is 0 Å². The third-order valence-electron chi connectivity index (χ3n) is 1.49. The van der Waals surface area contributed by atoms with Crippen molar-refractivity contribution in [1.82, 2.24) is 0 Å². The Hall–Kier alpha value is -1.90. The number of carbonyl (C=O) groups is 2. The Morgan fingerprint density at radius 1 is 1.31 bits per heavy atom. The molecule has 1 aromatic carbocycles. The van der Waals surface area contributed by atoms with Crippen LogP contribution >= 0.6 is 0 Å². The summed E-state index contributed by atoms with van der Waals surface area (Å²) in [6, 6.07) is 6.89. The van der Waals surface area contributed by atoms with E-state index in [0.29, 0.717) is 5.56 Å². The highest BCUT2D eigenvalue weighted by molar-refractivity contribution is 5.90. The number of benzene rings is 1. The minimum absolute atomic E-state index is 0.503. The fraction of sp³-hybridized carbons (Fsp3) is 0. The van der Waals surface area contributed by atoms with Crippen molar-refractivity contribution in [2.24, 2.45) is 5.73 Å². The minimum atomic E-state index is -0.503. The zero-order valence-corrected chi connectivity index (χ0v) is 6.94. The van der Waals surface area contributed by atoms with Crippen LogP contribution in [0.15, 0.2) is 30.3 Å². The van der Waals surface area contributed by atoms with Crippen molar-refractivity contribution in [3.8, 4) is 0 Å². The molecule has 0 fully saturated rings. The molecule has 0 aromatic heterocycles. The van der Waals surface area contributed by atoms with Gasteiger partial charge in [0.05, 0.1) is 0 Å². The van der Waals surface area contributed by atoms with E-state index in [0.717, 1.165) is 11.8 Å². The molecule has 66 valence electrons. The lowest BCUT2D eigenvalue weighted by Crippen LogP contribution is -2.05. The molecule has 1 rings (SSSR count). The van der Waals surface area contributed by atoms with E-state index < -0.39 is 5.91 Å². The van der Waals surface area contributed by atoms with Crippen LogP contribution in [-0.2, 0) is 4.79 Å². The SMILES string of the molecule is NC(=O)C=Cc1cccc(C=O)c1. The van der Waals surface area contributed by atoms with Crippen LogP contribution in [0.4, 0.5) is 0 Å². The molecule has 1 aromatic rings. The molecule has 0 aliphatic carbocycles. The highest BCUT2D eigenvalue weighted by Crippen LogP contribution is 2.04. The van der Waals surface area contributed by atoms with Gasteiger partial charge >= 0.3 is 0 Å². The molecule has 0 bridgehead atoms. The first-order valence-electron chi connectivity index (χ1n) is 3.75. The number of aldehydes is 1. The highest BCUT2D eigenvalue weighted by Gasteiger charge is 1.91. The van der Waals surface area contributed by atoms with Crippen molar-refractivity contribution in [3.05, 3.63) is 41.5 Å². The number of primary amides is 1. The lowest BCUT2D eigenvalue weighted by atomic mass is 10.1. The van der Waals surface area contributed by atoms with Gasteiger partial charge in [-0.25, -0.2) is 0 Å². The standard InChI is InChI=1S/C10H9NO2/c11-10(13)5-4-8-2-1-3-9(6-8)7-12/h1-7H,(H2,11,13). The number of nitrogens with two attached hydrogens (primary N) is 1. The molecule has 3 heteroatoms. The van der Waals surface area contributed by atoms with E-state index in [1.54, 1.807) is 30.3 Å². The van der Waals surface area contributed by atoms with Crippen molar-refractivity contribution >= 4 is 18.3 Å². The maximum absolute atomic E-state index is 10.4. The molecular weight excluding hydrogens is 166 g/mol. The zero-order valence-electron chi connectivity index (χ0n) is 6.94. The molecule has 0 heterocycles. The Bertz CT molecular complexity index is 356. The van der Waals surface area contributed by atoms with Crippen molar-refractivity contribution in [1.29, 1.82) is 0 Å². The monoisotopic (exact) mass is 175 g/mol. The molecular formula is C10H9NO2. The zero-order chi connectivity index (χ0) is 9.68. The number of amides is 1. The summed E-state index contributed by atoms with van der Waals surface area (Å²) in [5, 5.41) is 0. The molecule has 3 nitrogen and oxygen atoms in total. The Morgan fingerprint density at radius 2 is 2.00 bits per heavy atom. The quantitative estimate of drug-likeness (QED) is 0.550. The topological polar surface area (TPSA) is 60.2 Å². The summed E-state index contributed by atoms with van der Waals surface area (Å²) in [6.07, 6.45) is 3.57. The second kappa shape index (κ2) is 4.21. The van der Waals surface area contributed by atoms with Crippen molar-refractivity contribution in [2.45, 2.75) is 0 Å². The van der Waals surface area contributed by atoms with E-state index in [1.807, 2.05) is 0 Å². The number of hydrogen-bond acceptors (Lipinski definition) is 2. The van der Waals surface area contributed by atoms with Crippen LogP contribution in [0.1, 0.15) is 15.9 Å². The first kappa shape index (κ1) is 9.19. The predicted molar refractivity (Wildman–Crippen MR) is 50.1 cm³/mol. The van der Waals surface area contributed by atoms with Crippen LogP contribution in [-0.4, -0.2) is 12.2 Å². The van der Waals surface area contributed by atoms with E-state index >= 15 is 0 Å². The molecule has 0 aliphatic heterocycles. The summed E-state index contributed by atoms with van der Waals surface area (Å²) in [5.74, 6) is -0.503. The van der Waals surface area contributed by atoms with E-state index in [2.05, 4.69) is 0 Å². The predicted octanol–water partition coefficient (Wildman–Crippen LogP) is 0.998. The van der Waals surface area contributed by atoms with Crippen LogP contribution in [0.2, 0.25) is 0 Å². The van der Waals surface area contributed by atoms with Crippen molar-refractivity contribution in [2.75, 3.05) is 0 Å². The molecule has 0 spiro atoms. The van der Waals surface area contributed by atoms with Gasteiger partial charge in [-0.3, -0.25) is 9.59 Å². The Kier molecular flexibility index (Phi) is 2.97. The third kappa shape index (κ3) is 2.91. The molecule has 0 aliphatic rings. The lowest BCUT2D eigenvalue weighted by Gasteiger charge is -1.93. The minimum Gasteiger partial charge on any atom is -0.366 e. The Labute approximate surface area is 75.9 Å². The van der Waals surface area contributed by atoms with E-state index in [-0.39, 0.29) is 0 Å². The van der Waals surface area contributed by atoms with Crippen molar-refractivity contribution in [3.63, 3.8) is 0 Å².